The maximum absolute atomic E-state index is 5.49. The van der Waals surface area contributed by atoms with Crippen molar-refractivity contribution in [3.05, 3.63) is 22.4 Å². The van der Waals surface area contributed by atoms with E-state index in [4.69, 9.17) is 10.6 Å². The molecule has 6 heteroatoms. The number of ether oxygens (including phenoxy) is 1. The van der Waals surface area contributed by atoms with E-state index in [0.717, 1.165) is 6.42 Å². The number of aliphatic imine (C=N–C) groups is 1. The summed E-state index contributed by atoms with van der Waals surface area (Å²) in [6.45, 7) is 4.74. The van der Waals surface area contributed by atoms with Gasteiger partial charge in [-0.25, -0.2) is 10.8 Å². The lowest BCUT2D eigenvalue weighted by Crippen LogP contribution is -2.47. The third-order valence-corrected chi connectivity index (χ3v) is 3.45. The Morgan fingerprint density at radius 1 is 1.61 bits per heavy atom. The van der Waals surface area contributed by atoms with Gasteiger partial charge in [0.15, 0.2) is 0 Å². The van der Waals surface area contributed by atoms with Crippen LogP contribution in [0, 0.1) is 0 Å². The van der Waals surface area contributed by atoms with Gasteiger partial charge in [0.2, 0.25) is 5.96 Å². The summed E-state index contributed by atoms with van der Waals surface area (Å²) in [5.41, 5.74) is 2.61. The van der Waals surface area contributed by atoms with E-state index in [9.17, 15) is 0 Å². The first kappa shape index (κ1) is 14.9. The van der Waals surface area contributed by atoms with Crippen molar-refractivity contribution >= 4 is 17.3 Å². The van der Waals surface area contributed by atoms with Crippen LogP contribution in [0.4, 0.5) is 0 Å². The molecule has 5 nitrogen and oxygen atoms in total. The van der Waals surface area contributed by atoms with Gasteiger partial charge in [0.1, 0.15) is 0 Å². The van der Waals surface area contributed by atoms with Crippen LogP contribution in [0.3, 0.4) is 0 Å². The number of nitrogens with one attached hydrogen (secondary N) is 2. The number of methoxy groups -OCH3 is 1. The Kier molecular flexibility index (Phi) is 6.70. The van der Waals surface area contributed by atoms with E-state index in [2.05, 4.69) is 34.1 Å². The molecule has 0 fully saturated rings. The highest BCUT2D eigenvalue weighted by atomic mass is 32.1. The van der Waals surface area contributed by atoms with Gasteiger partial charge in [-0.3, -0.25) is 5.43 Å². The van der Waals surface area contributed by atoms with Gasteiger partial charge in [0, 0.05) is 18.0 Å². The average molecular weight is 270 g/mol. The number of hydrogen-bond acceptors (Lipinski definition) is 4. The number of hydrogen-bond donors (Lipinski definition) is 3. The molecule has 0 aromatic carbocycles. The van der Waals surface area contributed by atoms with Crippen molar-refractivity contribution in [3.63, 3.8) is 0 Å². The molecule has 0 saturated carbocycles. The molecule has 18 heavy (non-hydrogen) atoms. The zero-order valence-corrected chi connectivity index (χ0v) is 12.0. The van der Waals surface area contributed by atoms with Crippen LogP contribution in [0.25, 0.3) is 0 Å². The zero-order chi connectivity index (χ0) is 13.4. The quantitative estimate of drug-likeness (QED) is 0.318. The predicted octanol–water partition coefficient (Wildman–Crippen LogP) is 1.64. The van der Waals surface area contributed by atoms with Crippen molar-refractivity contribution in [1.82, 2.24) is 10.7 Å². The molecule has 1 rings (SSSR count). The van der Waals surface area contributed by atoms with Gasteiger partial charge in [-0.05, 0) is 24.8 Å². The molecule has 1 heterocycles. The maximum atomic E-state index is 5.49. The summed E-state index contributed by atoms with van der Waals surface area (Å²) in [4.78, 5) is 5.84. The van der Waals surface area contributed by atoms with Crippen LogP contribution in [0.15, 0.2) is 22.5 Å². The summed E-state index contributed by atoms with van der Waals surface area (Å²) in [7, 11) is 1.67. The monoisotopic (exact) mass is 270 g/mol. The Morgan fingerprint density at radius 3 is 2.89 bits per heavy atom. The molecule has 1 aromatic heterocycles. The van der Waals surface area contributed by atoms with Gasteiger partial charge in [-0.15, -0.1) is 11.3 Å². The minimum atomic E-state index is 0.137. The molecule has 0 bridgehead atoms. The largest absolute Gasteiger partial charge is 0.383 e. The fraction of sp³-hybridized carbons (Fsp3) is 0.583. The Labute approximate surface area is 112 Å². The summed E-state index contributed by atoms with van der Waals surface area (Å²) in [6, 6.07) is 4.42. The van der Waals surface area contributed by atoms with Crippen LogP contribution < -0.4 is 16.6 Å². The first-order valence-corrected chi connectivity index (χ1v) is 6.92. The highest BCUT2D eigenvalue weighted by molar-refractivity contribution is 7.10. The molecule has 2 unspecified atom stereocenters. The summed E-state index contributed by atoms with van der Waals surface area (Å²) in [6.07, 6.45) is 0.937. The summed E-state index contributed by atoms with van der Waals surface area (Å²) in [5.74, 6) is 6.09. The molecule has 2 atom stereocenters. The molecule has 0 radical (unpaired) electrons. The van der Waals surface area contributed by atoms with Gasteiger partial charge < -0.3 is 10.1 Å². The fourth-order valence-electron chi connectivity index (χ4n) is 1.63. The smallest absolute Gasteiger partial charge is 0.206 e. The van der Waals surface area contributed by atoms with Gasteiger partial charge in [0.25, 0.3) is 0 Å². The normalized spacial score (nSPS) is 15.2. The molecule has 0 aliphatic heterocycles. The Bertz CT molecular complexity index is 353. The van der Waals surface area contributed by atoms with Crippen LogP contribution in [0.1, 0.15) is 31.2 Å². The molecule has 0 aliphatic carbocycles. The standard InChI is InChI=1S/C12H22N4OS/c1-4-10(11-6-5-7-18-11)15-12(16-13)14-9(2)8-17-3/h5-7,9-10H,4,8,13H2,1-3H3,(H2,14,15,16). The minimum absolute atomic E-state index is 0.137. The lowest BCUT2D eigenvalue weighted by atomic mass is 10.2. The van der Waals surface area contributed by atoms with Crippen molar-refractivity contribution in [2.75, 3.05) is 13.7 Å². The van der Waals surface area contributed by atoms with E-state index in [1.165, 1.54) is 4.88 Å². The van der Waals surface area contributed by atoms with Crippen LogP contribution in [0.5, 0.6) is 0 Å². The third kappa shape index (κ3) is 4.64. The lowest BCUT2D eigenvalue weighted by Gasteiger charge is -2.17. The van der Waals surface area contributed by atoms with Gasteiger partial charge in [-0.1, -0.05) is 13.0 Å². The van der Waals surface area contributed by atoms with E-state index >= 15 is 0 Å². The SMILES string of the molecule is CCC(N=C(NN)NC(C)COC)c1cccs1. The first-order valence-electron chi connectivity index (χ1n) is 6.04. The number of nitrogens with two attached hydrogens (primary N) is 1. The Balaban J connectivity index is 2.69. The maximum Gasteiger partial charge on any atom is 0.206 e. The van der Waals surface area contributed by atoms with E-state index in [0.29, 0.717) is 12.6 Å². The number of rotatable bonds is 6. The van der Waals surface area contributed by atoms with Crippen molar-refractivity contribution < 1.29 is 4.74 Å². The molecular formula is C12H22N4OS. The van der Waals surface area contributed by atoms with Crippen molar-refractivity contribution in [2.24, 2.45) is 10.8 Å². The van der Waals surface area contributed by atoms with E-state index in [1.807, 2.05) is 13.0 Å². The van der Waals surface area contributed by atoms with Gasteiger partial charge >= 0.3 is 0 Å². The molecule has 0 aliphatic rings. The van der Waals surface area contributed by atoms with E-state index in [1.54, 1.807) is 18.4 Å². The molecule has 0 amide bonds. The molecular weight excluding hydrogens is 248 g/mol. The second kappa shape index (κ2) is 8.07. The average Bonchev–Trinajstić information content (AvgIpc) is 2.88. The van der Waals surface area contributed by atoms with Gasteiger partial charge in [0.05, 0.1) is 12.6 Å². The molecule has 4 N–H and O–H groups in total. The topological polar surface area (TPSA) is 71.7 Å². The fourth-order valence-corrected chi connectivity index (χ4v) is 2.48. The van der Waals surface area contributed by atoms with E-state index < -0.39 is 0 Å². The van der Waals surface area contributed by atoms with Crippen molar-refractivity contribution in [3.8, 4) is 0 Å². The van der Waals surface area contributed by atoms with Crippen LogP contribution in [0.2, 0.25) is 0 Å². The predicted molar refractivity (Wildman–Crippen MR) is 76.6 cm³/mol. The lowest BCUT2D eigenvalue weighted by molar-refractivity contribution is 0.179. The van der Waals surface area contributed by atoms with Crippen LogP contribution in [-0.4, -0.2) is 25.7 Å². The number of thiophene rings is 1. The number of guanidine groups is 1. The van der Waals surface area contributed by atoms with Crippen molar-refractivity contribution in [2.45, 2.75) is 32.4 Å². The molecule has 0 spiro atoms. The van der Waals surface area contributed by atoms with Gasteiger partial charge in [-0.2, -0.15) is 0 Å². The summed E-state index contributed by atoms with van der Waals surface area (Å²) < 4.78 is 5.07. The Morgan fingerprint density at radius 2 is 2.39 bits per heavy atom. The Hall–Kier alpha value is -1.11. The van der Waals surface area contributed by atoms with Crippen molar-refractivity contribution in [1.29, 1.82) is 0 Å². The first-order chi connectivity index (χ1) is 8.71. The van der Waals surface area contributed by atoms with E-state index in [-0.39, 0.29) is 12.1 Å². The second-order valence-corrected chi connectivity index (χ2v) is 5.04. The second-order valence-electron chi connectivity index (χ2n) is 4.06. The molecule has 0 saturated heterocycles. The highest BCUT2D eigenvalue weighted by Crippen LogP contribution is 2.25. The van der Waals surface area contributed by atoms with Crippen LogP contribution >= 0.6 is 11.3 Å². The molecule has 1 aromatic rings. The zero-order valence-electron chi connectivity index (χ0n) is 11.1. The van der Waals surface area contributed by atoms with Crippen LogP contribution in [-0.2, 0) is 4.74 Å². The third-order valence-electron chi connectivity index (χ3n) is 2.48. The number of nitrogens with zero attached hydrogens (tertiary/aromatic N) is 1. The molecule has 102 valence electrons. The summed E-state index contributed by atoms with van der Waals surface area (Å²) >= 11 is 1.71. The summed E-state index contributed by atoms with van der Waals surface area (Å²) in [5, 5.41) is 5.25. The minimum Gasteiger partial charge on any atom is -0.383 e. The highest BCUT2D eigenvalue weighted by Gasteiger charge is 2.11. The number of hydrazine groups is 1.